The van der Waals surface area contributed by atoms with Gasteiger partial charge in [0.05, 0.1) is 6.61 Å². The van der Waals surface area contributed by atoms with Crippen LogP contribution in [0.5, 0.6) is 0 Å². The second-order valence-electron chi connectivity index (χ2n) is 17.6. The molecule has 1 aromatic rings. The predicted molar refractivity (Wildman–Crippen MR) is 242 cm³/mol. The van der Waals surface area contributed by atoms with Gasteiger partial charge in [0, 0.05) is 13.0 Å². The number of rotatable bonds is 38. The molecular weight excluding hydrogens is 741 g/mol. The minimum atomic E-state index is -1.47. The predicted octanol–water partition coefficient (Wildman–Crippen LogP) is 12.1. The van der Waals surface area contributed by atoms with Gasteiger partial charge in [0.15, 0.2) is 6.23 Å². The summed E-state index contributed by atoms with van der Waals surface area (Å²) in [4.78, 5) is 28.7. The van der Waals surface area contributed by atoms with Crippen LogP contribution in [0, 0.1) is 0 Å². The minimum Gasteiger partial charge on any atom is -0.445 e. The summed E-state index contributed by atoms with van der Waals surface area (Å²) in [6, 6.07) is 8.16. The number of carbonyl (C=O) groups is 2. The Morgan fingerprint density at radius 3 is 1.42 bits per heavy atom. The molecule has 0 radical (unpaired) electrons. The molecule has 0 spiro atoms. The first-order valence-corrected chi connectivity index (χ1v) is 24.8. The van der Waals surface area contributed by atoms with Gasteiger partial charge in [-0.05, 0) is 18.4 Å². The number of unbranched alkanes of at least 4 members (excludes halogenated alkanes) is 29. The van der Waals surface area contributed by atoms with Crippen LogP contribution in [0.25, 0.3) is 0 Å². The van der Waals surface area contributed by atoms with E-state index in [0.717, 1.165) is 44.1 Å². The van der Waals surface area contributed by atoms with Crippen LogP contribution in [0.1, 0.15) is 225 Å². The molecule has 1 aromatic carbocycles. The molecule has 2 rings (SSSR count). The maximum absolute atomic E-state index is 14.0. The van der Waals surface area contributed by atoms with Crippen LogP contribution in [0.4, 0.5) is 4.79 Å². The molecule has 0 aromatic heterocycles. The zero-order valence-corrected chi connectivity index (χ0v) is 37.9. The van der Waals surface area contributed by atoms with Gasteiger partial charge in [0.2, 0.25) is 5.91 Å². The summed E-state index contributed by atoms with van der Waals surface area (Å²) in [6.45, 7) is 4.44. The Bertz CT molecular complexity index is 1120. The van der Waals surface area contributed by atoms with E-state index in [2.05, 4.69) is 19.2 Å². The molecule has 1 aliphatic rings. The van der Waals surface area contributed by atoms with Gasteiger partial charge in [-0.25, -0.2) is 4.79 Å². The quantitative estimate of drug-likeness (QED) is 0.0489. The third kappa shape index (κ3) is 25.4. The largest absolute Gasteiger partial charge is 0.445 e. The lowest BCUT2D eigenvalue weighted by molar-refractivity contribution is -0.230. The summed E-state index contributed by atoms with van der Waals surface area (Å²) < 4.78 is 11.6. The summed E-state index contributed by atoms with van der Waals surface area (Å²) in [7, 11) is 0. The summed E-state index contributed by atoms with van der Waals surface area (Å²) in [5, 5.41) is 34.8. The van der Waals surface area contributed by atoms with E-state index in [1.807, 2.05) is 30.3 Å². The zero-order valence-electron chi connectivity index (χ0n) is 37.9. The number of hydrogen-bond acceptors (Lipinski definition) is 7. The van der Waals surface area contributed by atoms with Crippen molar-refractivity contribution >= 4 is 12.0 Å². The van der Waals surface area contributed by atoms with Crippen molar-refractivity contribution in [2.24, 2.45) is 0 Å². The number of amides is 2. The lowest BCUT2D eigenvalue weighted by Gasteiger charge is -2.46. The van der Waals surface area contributed by atoms with Crippen molar-refractivity contribution in [1.29, 1.82) is 0 Å². The summed E-state index contributed by atoms with van der Waals surface area (Å²) in [5.74, 6) is -0.101. The molecule has 0 aliphatic carbocycles. The maximum Gasteiger partial charge on any atom is 0.407 e. The Labute approximate surface area is 361 Å². The molecule has 0 saturated carbocycles. The molecule has 9 heteroatoms. The number of carbonyl (C=O) groups excluding carboxylic acids is 2. The Morgan fingerprint density at radius 2 is 1.00 bits per heavy atom. The first-order chi connectivity index (χ1) is 28.9. The van der Waals surface area contributed by atoms with Crippen LogP contribution in [-0.2, 0) is 20.9 Å². The molecule has 342 valence electrons. The van der Waals surface area contributed by atoms with Crippen molar-refractivity contribution in [3.63, 3.8) is 0 Å². The molecule has 1 heterocycles. The van der Waals surface area contributed by atoms with Crippen molar-refractivity contribution in [3.05, 3.63) is 35.9 Å². The Kier molecular flexibility index (Phi) is 32.7. The van der Waals surface area contributed by atoms with Gasteiger partial charge in [-0.2, -0.15) is 0 Å². The number of aliphatic hydroxyl groups is 3. The average molecular weight is 831 g/mol. The molecule has 59 heavy (non-hydrogen) atoms. The number of ether oxygens (including phenoxy) is 2. The number of nitrogens with one attached hydrogen (secondary N) is 1. The highest BCUT2D eigenvalue weighted by Gasteiger charge is 2.48. The normalized spacial score (nSPS) is 19.2. The smallest absolute Gasteiger partial charge is 0.407 e. The minimum absolute atomic E-state index is 0.0316. The summed E-state index contributed by atoms with van der Waals surface area (Å²) in [6.07, 6.45) is 33.2. The second kappa shape index (κ2) is 36.5. The Hall–Kier alpha value is -2.20. The fourth-order valence-corrected chi connectivity index (χ4v) is 8.44. The monoisotopic (exact) mass is 831 g/mol. The molecule has 4 N–H and O–H groups in total. The first kappa shape index (κ1) is 52.9. The molecule has 1 saturated heterocycles. The Balaban J connectivity index is 1.85. The van der Waals surface area contributed by atoms with E-state index < -0.39 is 43.3 Å². The van der Waals surface area contributed by atoms with Crippen LogP contribution in [-0.4, -0.2) is 76.0 Å². The molecule has 9 nitrogen and oxygen atoms in total. The van der Waals surface area contributed by atoms with E-state index in [9.17, 15) is 24.9 Å². The lowest BCUT2D eigenvalue weighted by atomic mass is 9.95. The molecule has 5 atom stereocenters. The van der Waals surface area contributed by atoms with Crippen molar-refractivity contribution < 1.29 is 34.4 Å². The molecule has 0 unspecified atom stereocenters. The highest BCUT2D eigenvalue weighted by atomic mass is 16.6. The zero-order chi connectivity index (χ0) is 42.6. The van der Waals surface area contributed by atoms with Crippen molar-refractivity contribution in [3.8, 4) is 0 Å². The van der Waals surface area contributed by atoms with E-state index in [-0.39, 0.29) is 12.5 Å². The van der Waals surface area contributed by atoms with Crippen molar-refractivity contribution in [2.45, 2.75) is 257 Å². The average Bonchev–Trinajstić information content (AvgIpc) is 3.25. The van der Waals surface area contributed by atoms with Crippen LogP contribution >= 0.6 is 0 Å². The van der Waals surface area contributed by atoms with Gasteiger partial charge >= 0.3 is 6.09 Å². The lowest BCUT2D eigenvalue weighted by Crippen LogP contribution is -2.68. The van der Waals surface area contributed by atoms with E-state index in [0.29, 0.717) is 13.0 Å². The molecule has 0 bridgehead atoms. The SMILES string of the molecule is CCCCCCCCCCCCCCCCCCN(C(=O)CCCCCCCCCCCCCCCCC)[C@@H]1O[C@H](CO)[C@@H](O)[C@H](O)[C@H]1NC(=O)OCc1ccccc1. The van der Waals surface area contributed by atoms with Crippen LogP contribution < -0.4 is 5.32 Å². The second-order valence-corrected chi connectivity index (χ2v) is 17.6. The highest BCUT2D eigenvalue weighted by molar-refractivity contribution is 5.76. The standard InChI is InChI=1S/C50H90N2O7/c1-3-5-7-9-11-13-15-17-19-21-23-25-27-29-31-36-40-52(45(54)39-35-30-28-26-24-22-20-18-16-14-12-10-8-6-4-2)49-46(48(56)47(55)44(41-53)59-49)51-50(57)58-42-43-37-33-32-34-38-43/h32-34,37-38,44,46-49,53,55-56H,3-31,35-36,39-42H2,1-2H3,(H,51,57)/t44-,46-,47-,48-,49-/m1/s1. The molecule has 2 amide bonds. The van der Waals surface area contributed by atoms with E-state index in [1.54, 1.807) is 4.90 Å². The number of hydrogen-bond donors (Lipinski definition) is 4. The van der Waals surface area contributed by atoms with Gasteiger partial charge in [-0.3, -0.25) is 4.79 Å². The van der Waals surface area contributed by atoms with Crippen molar-refractivity contribution in [2.75, 3.05) is 13.2 Å². The van der Waals surface area contributed by atoms with Crippen LogP contribution in [0.2, 0.25) is 0 Å². The van der Waals surface area contributed by atoms with E-state index in [1.165, 1.54) is 161 Å². The van der Waals surface area contributed by atoms with Crippen LogP contribution in [0.3, 0.4) is 0 Å². The third-order valence-corrected chi connectivity index (χ3v) is 12.3. The maximum atomic E-state index is 14.0. The topological polar surface area (TPSA) is 129 Å². The first-order valence-electron chi connectivity index (χ1n) is 24.8. The number of benzene rings is 1. The molecule has 1 aliphatic heterocycles. The van der Waals surface area contributed by atoms with Crippen LogP contribution in [0.15, 0.2) is 30.3 Å². The number of nitrogens with zero attached hydrogens (tertiary/aromatic N) is 1. The Morgan fingerprint density at radius 1 is 0.593 bits per heavy atom. The molecular formula is C50H90N2O7. The summed E-state index contributed by atoms with van der Waals surface area (Å²) in [5.41, 5.74) is 0.809. The van der Waals surface area contributed by atoms with Gasteiger partial charge in [0.25, 0.3) is 0 Å². The molecule has 1 fully saturated rings. The van der Waals surface area contributed by atoms with Gasteiger partial charge in [-0.1, -0.05) is 230 Å². The van der Waals surface area contributed by atoms with E-state index >= 15 is 0 Å². The van der Waals surface area contributed by atoms with Gasteiger partial charge < -0.3 is 35.0 Å². The highest BCUT2D eigenvalue weighted by Crippen LogP contribution is 2.26. The van der Waals surface area contributed by atoms with Gasteiger partial charge in [-0.15, -0.1) is 0 Å². The fraction of sp³-hybridized carbons (Fsp3) is 0.840. The summed E-state index contributed by atoms with van der Waals surface area (Å²) >= 11 is 0. The van der Waals surface area contributed by atoms with Crippen molar-refractivity contribution in [1.82, 2.24) is 10.2 Å². The van der Waals surface area contributed by atoms with E-state index in [4.69, 9.17) is 9.47 Å². The third-order valence-electron chi connectivity index (χ3n) is 12.3. The number of alkyl carbamates (subject to hydrolysis) is 1. The number of aliphatic hydroxyl groups excluding tert-OH is 3. The van der Waals surface area contributed by atoms with Gasteiger partial charge in [0.1, 0.15) is 31.0 Å². The fourth-order valence-electron chi connectivity index (χ4n) is 8.44.